The molecular formula is C19H22N2O2. The van der Waals surface area contributed by atoms with Crippen molar-refractivity contribution in [1.29, 1.82) is 0 Å². The van der Waals surface area contributed by atoms with Crippen LogP contribution in [0.3, 0.4) is 0 Å². The lowest BCUT2D eigenvalue weighted by molar-refractivity contribution is -0.139. The topological polar surface area (TPSA) is 49.4 Å². The maximum atomic E-state index is 12.7. The molecule has 0 aliphatic carbocycles. The largest absolute Gasteiger partial charge is 0.357 e. The molecule has 4 nitrogen and oxygen atoms in total. The molecule has 2 amide bonds. The van der Waals surface area contributed by atoms with Crippen LogP contribution in [-0.4, -0.2) is 29.8 Å². The molecule has 2 aromatic carbocycles. The molecule has 0 unspecified atom stereocenters. The summed E-state index contributed by atoms with van der Waals surface area (Å²) in [5.74, 6) is -0.224. The molecule has 0 aromatic heterocycles. The number of rotatable bonds is 6. The highest BCUT2D eigenvalue weighted by molar-refractivity contribution is 5.88. The third kappa shape index (κ3) is 4.68. The molecule has 0 radical (unpaired) electrons. The number of carbonyl (C=O) groups is 2. The molecule has 0 aliphatic rings. The zero-order valence-corrected chi connectivity index (χ0v) is 13.5. The second-order valence-electron chi connectivity index (χ2n) is 5.46. The van der Waals surface area contributed by atoms with Gasteiger partial charge in [-0.2, -0.15) is 0 Å². The van der Waals surface area contributed by atoms with Crippen LogP contribution in [0.15, 0.2) is 60.7 Å². The first-order chi connectivity index (χ1) is 11.1. The Hall–Kier alpha value is -2.62. The second kappa shape index (κ2) is 8.13. The summed E-state index contributed by atoms with van der Waals surface area (Å²) in [6.07, 6.45) is 0.287. The minimum atomic E-state index is -0.517. The van der Waals surface area contributed by atoms with E-state index in [-0.39, 0.29) is 18.2 Å². The maximum absolute atomic E-state index is 12.7. The average molecular weight is 310 g/mol. The molecular weight excluding hydrogens is 288 g/mol. The summed E-state index contributed by atoms with van der Waals surface area (Å²) < 4.78 is 0. The Balaban J connectivity index is 2.18. The molecule has 0 saturated heterocycles. The van der Waals surface area contributed by atoms with Crippen molar-refractivity contribution < 1.29 is 9.59 Å². The summed E-state index contributed by atoms with van der Waals surface area (Å²) in [4.78, 5) is 26.3. The number of hydrogen-bond acceptors (Lipinski definition) is 2. The van der Waals surface area contributed by atoms with E-state index in [2.05, 4.69) is 5.32 Å². The number of nitrogens with zero attached hydrogens (tertiary/aromatic N) is 1. The van der Waals surface area contributed by atoms with Gasteiger partial charge in [0, 0.05) is 13.6 Å². The molecule has 0 saturated carbocycles. The van der Waals surface area contributed by atoms with Gasteiger partial charge in [0.2, 0.25) is 11.8 Å². The quantitative estimate of drug-likeness (QED) is 0.890. The predicted octanol–water partition coefficient (Wildman–Crippen LogP) is 2.39. The Morgan fingerprint density at radius 3 is 2.00 bits per heavy atom. The summed E-state index contributed by atoms with van der Waals surface area (Å²) >= 11 is 0. The summed E-state index contributed by atoms with van der Waals surface area (Å²) in [7, 11) is 1.58. The summed E-state index contributed by atoms with van der Waals surface area (Å²) in [6.45, 7) is 2.17. The van der Waals surface area contributed by atoms with Gasteiger partial charge in [0.05, 0.1) is 6.42 Å². The first-order valence-corrected chi connectivity index (χ1v) is 7.70. The molecule has 120 valence electrons. The van der Waals surface area contributed by atoms with Crippen LogP contribution in [-0.2, 0) is 22.6 Å². The third-order valence-corrected chi connectivity index (χ3v) is 3.81. The molecule has 0 heterocycles. The fourth-order valence-electron chi connectivity index (χ4n) is 2.44. The van der Waals surface area contributed by atoms with Crippen molar-refractivity contribution in [3.63, 3.8) is 0 Å². The van der Waals surface area contributed by atoms with Crippen LogP contribution in [0.1, 0.15) is 18.1 Å². The lowest BCUT2D eigenvalue weighted by atomic mass is 10.1. The summed E-state index contributed by atoms with van der Waals surface area (Å²) in [6, 6.07) is 18.8. The Bertz CT molecular complexity index is 641. The van der Waals surface area contributed by atoms with E-state index in [9.17, 15) is 9.59 Å². The predicted molar refractivity (Wildman–Crippen MR) is 90.7 cm³/mol. The van der Waals surface area contributed by atoms with E-state index in [4.69, 9.17) is 0 Å². The van der Waals surface area contributed by atoms with E-state index in [0.29, 0.717) is 6.54 Å². The van der Waals surface area contributed by atoms with Crippen molar-refractivity contribution >= 4 is 11.8 Å². The lowest BCUT2D eigenvalue weighted by Crippen LogP contribution is -2.47. The highest BCUT2D eigenvalue weighted by atomic mass is 16.2. The third-order valence-electron chi connectivity index (χ3n) is 3.81. The minimum Gasteiger partial charge on any atom is -0.357 e. The van der Waals surface area contributed by atoms with Crippen molar-refractivity contribution in [3.8, 4) is 0 Å². The lowest BCUT2D eigenvalue weighted by Gasteiger charge is -2.28. The molecule has 0 fully saturated rings. The van der Waals surface area contributed by atoms with E-state index >= 15 is 0 Å². The molecule has 0 spiro atoms. The number of amides is 2. The van der Waals surface area contributed by atoms with Crippen LogP contribution in [0.4, 0.5) is 0 Å². The van der Waals surface area contributed by atoms with Crippen molar-refractivity contribution in [2.24, 2.45) is 0 Å². The van der Waals surface area contributed by atoms with Gasteiger partial charge in [-0.3, -0.25) is 9.59 Å². The van der Waals surface area contributed by atoms with Gasteiger partial charge < -0.3 is 10.2 Å². The number of carbonyl (C=O) groups excluding carboxylic acids is 2. The fraction of sp³-hybridized carbons (Fsp3) is 0.263. The fourth-order valence-corrected chi connectivity index (χ4v) is 2.44. The number of nitrogens with one attached hydrogen (secondary N) is 1. The number of benzene rings is 2. The highest BCUT2D eigenvalue weighted by Crippen LogP contribution is 2.12. The molecule has 2 rings (SSSR count). The summed E-state index contributed by atoms with van der Waals surface area (Å²) in [5.41, 5.74) is 1.95. The van der Waals surface area contributed by atoms with Gasteiger partial charge in [0.15, 0.2) is 0 Å². The van der Waals surface area contributed by atoms with E-state index < -0.39 is 6.04 Å². The smallest absolute Gasteiger partial charge is 0.242 e. The molecule has 23 heavy (non-hydrogen) atoms. The summed E-state index contributed by atoms with van der Waals surface area (Å²) in [5, 5.41) is 2.62. The zero-order chi connectivity index (χ0) is 16.7. The van der Waals surface area contributed by atoms with E-state index in [1.807, 2.05) is 60.7 Å². The Morgan fingerprint density at radius 1 is 0.957 bits per heavy atom. The van der Waals surface area contributed by atoms with Gasteiger partial charge in [-0.05, 0) is 18.1 Å². The SMILES string of the molecule is CNC(=O)[C@H](C)N(Cc1ccccc1)C(=O)Cc1ccccc1. The van der Waals surface area contributed by atoms with Gasteiger partial charge in [-0.25, -0.2) is 0 Å². The molecule has 0 aliphatic heterocycles. The molecule has 1 atom stereocenters. The van der Waals surface area contributed by atoms with E-state index in [1.165, 1.54) is 0 Å². The molecule has 4 heteroatoms. The van der Waals surface area contributed by atoms with Crippen LogP contribution < -0.4 is 5.32 Å². The standard InChI is InChI=1S/C19H22N2O2/c1-15(19(23)20-2)21(14-17-11-7-4-8-12-17)18(22)13-16-9-5-3-6-10-16/h3-12,15H,13-14H2,1-2H3,(H,20,23)/t15-/m0/s1. The second-order valence-corrected chi connectivity index (χ2v) is 5.46. The van der Waals surface area contributed by atoms with Crippen LogP contribution >= 0.6 is 0 Å². The van der Waals surface area contributed by atoms with Crippen LogP contribution in [0.5, 0.6) is 0 Å². The van der Waals surface area contributed by atoms with Crippen LogP contribution in [0.25, 0.3) is 0 Å². The molecule has 1 N–H and O–H groups in total. The van der Waals surface area contributed by atoms with Crippen molar-refractivity contribution in [3.05, 3.63) is 71.8 Å². The van der Waals surface area contributed by atoms with Crippen molar-refractivity contribution in [2.75, 3.05) is 7.05 Å². The number of hydrogen-bond donors (Lipinski definition) is 1. The molecule has 0 bridgehead atoms. The Kier molecular flexibility index (Phi) is 5.92. The zero-order valence-electron chi connectivity index (χ0n) is 13.5. The van der Waals surface area contributed by atoms with Gasteiger partial charge in [0.25, 0.3) is 0 Å². The van der Waals surface area contributed by atoms with E-state index in [1.54, 1.807) is 18.9 Å². The van der Waals surface area contributed by atoms with Gasteiger partial charge >= 0.3 is 0 Å². The van der Waals surface area contributed by atoms with Gasteiger partial charge in [-0.1, -0.05) is 60.7 Å². The highest BCUT2D eigenvalue weighted by Gasteiger charge is 2.25. The minimum absolute atomic E-state index is 0.0591. The number of likely N-dealkylation sites (N-methyl/N-ethyl adjacent to an activating group) is 1. The molecule has 2 aromatic rings. The normalized spacial score (nSPS) is 11.6. The van der Waals surface area contributed by atoms with Crippen molar-refractivity contribution in [1.82, 2.24) is 10.2 Å². The van der Waals surface area contributed by atoms with Gasteiger partial charge in [0.1, 0.15) is 6.04 Å². The Morgan fingerprint density at radius 2 is 1.48 bits per heavy atom. The average Bonchev–Trinajstić information content (AvgIpc) is 2.60. The van der Waals surface area contributed by atoms with Crippen LogP contribution in [0.2, 0.25) is 0 Å². The van der Waals surface area contributed by atoms with Crippen molar-refractivity contribution in [2.45, 2.75) is 25.9 Å². The van der Waals surface area contributed by atoms with Crippen LogP contribution in [0, 0.1) is 0 Å². The first kappa shape index (κ1) is 16.7. The van der Waals surface area contributed by atoms with E-state index in [0.717, 1.165) is 11.1 Å². The first-order valence-electron chi connectivity index (χ1n) is 7.70. The Labute approximate surface area is 137 Å². The monoisotopic (exact) mass is 310 g/mol. The maximum Gasteiger partial charge on any atom is 0.242 e. The van der Waals surface area contributed by atoms with Gasteiger partial charge in [-0.15, -0.1) is 0 Å².